The Morgan fingerprint density at radius 1 is 1.09 bits per heavy atom. The minimum atomic E-state index is -0.610. The minimum absolute atomic E-state index is 0.425. The molecule has 0 saturated carbocycles. The SMILES string of the molecule is CCN(Cc1ccccc1)C(=O)C(=O)Nc1cccc(SC)c1. The maximum Gasteiger partial charge on any atom is 0.313 e. The van der Waals surface area contributed by atoms with E-state index < -0.39 is 11.8 Å². The summed E-state index contributed by atoms with van der Waals surface area (Å²) < 4.78 is 0. The van der Waals surface area contributed by atoms with Crippen LogP contribution in [0.2, 0.25) is 0 Å². The van der Waals surface area contributed by atoms with E-state index in [9.17, 15) is 9.59 Å². The molecule has 0 aliphatic rings. The summed E-state index contributed by atoms with van der Waals surface area (Å²) in [6.07, 6.45) is 1.96. The van der Waals surface area contributed by atoms with Crippen LogP contribution in [0.1, 0.15) is 12.5 Å². The first kappa shape index (κ1) is 17.1. The maximum absolute atomic E-state index is 12.3. The van der Waals surface area contributed by atoms with Crippen LogP contribution < -0.4 is 5.32 Å². The number of carbonyl (C=O) groups is 2. The van der Waals surface area contributed by atoms with Gasteiger partial charge in [-0.1, -0.05) is 36.4 Å². The van der Waals surface area contributed by atoms with Gasteiger partial charge in [-0.3, -0.25) is 9.59 Å². The van der Waals surface area contributed by atoms with Crippen LogP contribution in [-0.4, -0.2) is 29.5 Å². The second-order valence-corrected chi connectivity index (χ2v) is 5.87. The molecule has 0 radical (unpaired) electrons. The number of hydrogen-bond donors (Lipinski definition) is 1. The summed E-state index contributed by atoms with van der Waals surface area (Å²) in [6, 6.07) is 17.1. The molecule has 0 bridgehead atoms. The second kappa shape index (κ2) is 8.39. The minimum Gasteiger partial charge on any atom is -0.330 e. The van der Waals surface area contributed by atoms with Crippen molar-refractivity contribution < 1.29 is 9.59 Å². The Labute approximate surface area is 140 Å². The number of nitrogens with zero attached hydrogens (tertiary/aromatic N) is 1. The smallest absolute Gasteiger partial charge is 0.313 e. The molecular formula is C18H20N2O2S. The lowest BCUT2D eigenvalue weighted by atomic mass is 10.2. The van der Waals surface area contributed by atoms with Crippen LogP contribution in [0.3, 0.4) is 0 Å². The zero-order valence-electron chi connectivity index (χ0n) is 13.3. The number of carbonyl (C=O) groups excluding carboxylic acids is 2. The Balaban J connectivity index is 2.03. The Hall–Kier alpha value is -2.27. The highest BCUT2D eigenvalue weighted by Crippen LogP contribution is 2.19. The topological polar surface area (TPSA) is 49.4 Å². The van der Waals surface area contributed by atoms with Gasteiger partial charge < -0.3 is 10.2 Å². The molecule has 5 heteroatoms. The molecule has 4 nitrogen and oxygen atoms in total. The molecule has 2 aromatic rings. The molecule has 0 aliphatic heterocycles. The monoisotopic (exact) mass is 328 g/mol. The molecule has 0 unspecified atom stereocenters. The van der Waals surface area contributed by atoms with E-state index in [1.807, 2.05) is 61.7 Å². The van der Waals surface area contributed by atoms with Crippen molar-refractivity contribution in [1.29, 1.82) is 0 Å². The molecular weight excluding hydrogens is 308 g/mol. The third kappa shape index (κ3) is 4.86. The first-order valence-electron chi connectivity index (χ1n) is 7.42. The predicted octanol–water partition coefficient (Wildman–Crippen LogP) is 3.40. The van der Waals surface area contributed by atoms with Crippen LogP contribution >= 0.6 is 11.8 Å². The van der Waals surface area contributed by atoms with Crippen LogP contribution in [-0.2, 0) is 16.1 Å². The van der Waals surface area contributed by atoms with Gasteiger partial charge in [-0.15, -0.1) is 11.8 Å². The summed E-state index contributed by atoms with van der Waals surface area (Å²) in [4.78, 5) is 27.1. The van der Waals surface area contributed by atoms with Crippen molar-refractivity contribution in [2.24, 2.45) is 0 Å². The fourth-order valence-corrected chi connectivity index (χ4v) is 2.62. The molecule has 0 saturated heterocycles. The quantitative estimate of drug-likeness (QED) is 0.676. The van der Waals surface area contributed by atoms with Crippen molar-refractivity contribution >= 4 is 29.3 Å². The van der Waals surface area contributed by atoms with Gasteiger partial charge in [0.2, 0.25) is 0 Å². The lowest BCUT2D eigenvalue weighted by Crippen LogP contribution is -2.39. The molecule has 0 atom stereocenters. The Morgan fingerprint density at radius 3 is 2.48 bits per heavy atom. The van der Waals surface area contributed by atoms with Gasteiger partial charge in [-0.05, 0) is 36.9 Å². The molecule has 0 spiro atoms. The standard InChI is InChI=1S/C18H20N2O2S/c1-3-20(13-14-8-5-4-6-9-14)18(22)17(21)19-15-10-7-11-16(12-15)23-2/h4-12H,3,13H2,1-2H3,(H,19,21). The molecule has 2 rings (SSSR count). The van der Waals surface area contributed by atoms with Crippen LogP contribution in [0.5, 0.6) is 0 Å². The third-order valence-corrected chi connectivity index (χ3v) is 4.13. The second-order valence-electron chi connectivity index (χ2n) is 4.99. The van der Waals surface area contributed by atoms with E-state index in [1.165, 1.54) is 4.90 Å². The number of likely N-dealkylation sites (N-methyl/N-ethyl adjacent to an activating group) is 1. The molecule has 1 N–H and O–H groups in total. The molecule has 0 aliphatic carbocycles. The van der Waals surface area contributed by atoms with Gasteiger partial charge in [0.25, 0.3) is 0 Å². The average molecular weight is 328 g/mol. The van der Waals surface area contributed by atoms with Crippen LogP contribution in [0, 0.1) is 0 Å². The summed E-state index contributed by atoms with van der Waals surface area (Å²) in [5.74, 6) is -1.13. The number of hydrogen-bond acceptors (Lipinski definition) is 3. The molecule has 23 heavy (non-hydrogen) atoms. The van der Waals surface area contributed by atoms with Gasteiger partial charge in [-0.25, -0.2) is 0 Å². The van der Waals surface area contributed by atoms with E-state index >= 15 is 0 Å². The summed E-state index contributed by atoms with van der Waals surface area (Å²) in [7, 11) is 0. The van der Waals surface area contributed by atoms with Crippen molar-refractivity contribution in [2.75, 3.05) is 18.1 Å². The summed E-state index contributed by atoms with van der Waals surface area (Å²) in [5, 5.41) is 2.67. The van der Waals surface area contributed by atoms with Crippen LogP contribution in [0.15, 0.2) is 59.5 Å². The lowest BCUT2D eigenvalue weighted by molar-refractivity contribution is -0.143. The number of benzene rings is 2. The van der Waals surface area contributed by atoms with E-state index in [4.69, 9.17) is 0 Å². The normalized spacial score (nSPS) is 10.2. The van der Waals surface area contributed by atoms with Crippen molar-refractivity contribution in [3.63, 3.8) is 0 Å². The lowest BCUT2D eigenvalue weighted by Gasteiger charge is -2.20. The van der Waals surface area contributed by atoms with E-state index in [1.54, 1.807) is 17.8 Å². The largest absolute Gasteiger partial charge is 0.330 e. The average Bonchev–Trinajstić information content (AvgIpc) is 2.60. The van der Waals surface area contributed by atoms with E-state index in [2.05, 4.69) is 5.32 Å². The number of anilines is 1. The highest BCUT2D eigenvalue weighted by molar-refractivity contribution is 7.98. The number of rotatable bonds is 5. The molecule has 2 amide bonds. The highest BCUT2D eigenvalue weighted by atomic mass is 32.2. The molecule has 0 fully saturated rings. The number of nitrogens with one attached hydrogen (secondary N) is 1. The maximum atomic E-state index is 12.3. The zero-order valence-corrected chi connectivity index (χ0v) is 14.1. The van der Waals surface area contributed by atoms with Crippen molar-refractivity contribution in [3.8, 4) is 0 Å². The Kier molecular flexibility index (Phi) is 6.23. The van der Waals surface area contributed by atoms with E-state index in [-0.39, 0.29) is 0 Å². The molecule has 0 heterocycles. The van der Waals surface area contributed by atoms with Gasteiger partial charge in [0.15, 0.2) is 0 Å². The predicted molar refractivity (Wildman–Crippen MR) is 94.4 cm³/mol. The van der Waals surface area contributed by atoms with E-state index in [0.717, 1.165) is 10.5 Å². The van der Waals surface area contributed by atoms with Crippen molar-refractivity contribution in [1.82, 2.24) is 4.90 Å². The highest BCUT2D eigenvalue weighted by Gasteiger charge is 2.20. The Morgan fingerprint density at radius 2 is 1.83 bits per heavy atom. The van der Waals surface area contributed by atoms with Crippen LogP contribution in [0.4, 0.5) is 5.69 Å². The fourth-order valence-electron chi connectivity index (χ4n) is 2.16. The molecule has 2 aromatic carbocycles. The van der Waals surface area contributed by atoms with Gasteiger partial charge in [0.1, 0.15) is 0 Å². The van der Waals surface area contributed by atoms with Crippen LogP contribution in [0.25, 0.3) is 0 Å². The van der Waals surface area contributed by atoms with Crippen molar-refractivity contribution in [3.05, 3.63) is 60.2 Å². The van der Waals surface area contributed by atoms with Gasteiger partial charge in [0.05, 0.1) is 0 Å². The van der Waals surface area contributed by atoms with Crippen molar-refractivity contribution in [2.45, 2.75) is 18.4 Å². The molecule has 0 aromatic heterocycles. The number of amides is 2. The van der Waals surface area contributed by atoms with E-state index in [0.29, 0.717) is 18.8 Å². The Bertz CT molecular complexity index is 674. The fraction of sp³-hybridized carbons (Fsp3) is 0.222. The van der Waals surface area contributed by atoms with Gasteiger partial charge in [0, 0.05) is 23.7 Å². The first-order chi connectivity index (χ1) is 11.1. The first-order valence-corrected chi connectivity index (χ1v) is 8.64. The summed E-state index contributed by atoms with van der Waals surface area (Å²) in [6.45, 7) is 2.77. The van der Waals surface area contributed by atoms with Gasteiger partial charge >= 0.3 is 11.8 Å². The summed E-state index contributed by atoms with van der Waals surface area (Å²) >= 11 is 1.58. The third-order valence-electron chi connectivity index (χ3n) is 3.41. The zero-order chi connectivity index (χ0) is 16.7. The number of thioether (sulfide) groups is 1. The molecule has 120 valence electrons. The summed E-state index contributed by atoms with van der Waals surface area (Å²) in [5.41, 5.74) is 1.63. The van der Waals surface area contributed by atoms with Gasteiger partial charge in [-0.2, -0.15) is 0 Å².